The van der Waals surface area contributed by atoms with E-state index in [4.69, 9.17) is 0 Å². The maximum Gasteiger partial charge on any atom is 0.256 e. The Kier molecular flexibility index (Phi) is 5.79. The van der Waals surface area contributed by atoms with Crippen LogP contribution in [0.1, 0.15) is 48.0 Å². The maximum atomic E-state index is 13.9. The summed E-state index contributed by atoms with van der Waals surface area (Å²) < 4.78 is 27.7. The quantitative estimate of drug-likeness (QED) is 0.789. The zero-order valence-electron chi connectivity index (χ0n) is 17.4. The van der Waals surface area contributed by atoms with Gasteiger partial charge in [-0.2, -0.15) is 0 Å². The molecule has 4 rings (SSSR count). The van der Waals surface area contributed by atoms with Crippen LogP contribution in [0.2, 0.25) is 0 Å². The summed E-state index contributed by atoms with van der Waals surface area (Å²) in [6.45, 7) is 2.91. The molecule has 2 aliphatic heterocycles. The normalized spacial score (nSPS) is 21.6. The van der Waals surface area contributed by atoms with Gasteiger partial charge in [0.15, 0.2) is 6.10 Å². The fourth-order valence-electron chi connectivity index (χ4n) is 5.08. The number of hydrogen-bond donors (Lipinski definition) is 2. The first kappa shape index (κ1) is 21.4. The summed E-state index contributed by atoms with van der Waals surface area (Å²) in [4.78, 5) is 26.8. The summed E-state index contributed by atoms with van der Waals surface area (Å²) in [7, 11) is 0. The lowest BCUT2D eigenvalue weighted by Gasteiger charge is -2.49. The Labute approximate surface area is 180 Å². The second-order valence-electron chi connectivity index (χ2n) is 8.68. The van der Waals surface area contributed by atoms with Crippen LogP contribution in [0.15, 0.2) is 42.5 Å². The van der Waals surface area contributed by atoms with Crippen LogP contribution in [0.25, 0.3) is 0 Å². The number of nitrogens with zero attached hydrogens (tertiary/aromatic N) is 1. The molecule has 0 radical (unpaired) electrons. The number of halogens is 2. The maximum absolute atomic E-state index is 13.9. The molecule has 31 heavy (non-hydrogen) atoms. The van der Waals surface area contributed by atoms with Crippen molar-refractivity contribution in [2.45, 2.75) is 38.2 Å². The predicted molar refractivity (Wildman–Crippen MR) is 111 cm³/mol. The first-order valence-electron chi connectivity index (χ1n) is 10.5. The number of aryl methyl sites for hydroxylation is 1. The number of benzene rings is 2. The van der Waals surface area contributed by atoms with Crippen molar-refractivity contribution in [2.24, 2.45) is 5.41 Å². The number of rotatable bonds is 3. The van der Waals surface area contributed by atoms with Crippen LogP contribution in [0.5, 0.6) is 0 Å². The van der Waals surface area contributed by atoms with Gasteiger partial charge in [-0.15, -0.1) is 0 Å². The number of hydrogen-bond acceptors (Lipinski definition) is 3. The van der Waals surface area contributed by atoms with E-state index in [0.717, 1.165) is 11.6 Å². The number of carbonyl (C=O) groups excluding carboxylic acids is 2. The largest absolute Gasteiger partial charge is 0.378 e. The van der Waals surface area contributed by atoms with Crippen LogP contribution in [0.4, 0.5) is 8.78 Å². The lowest BCUT2D eigenvalue weighted by atomic mass is 9.62. The summed E-state index contributed by atoms with van der Waals surface area (Å²) in [5.41, 5.74) is 1.47. The second kappa shape index (κ2) is 8.38. The summed E-state index contributed by atoms with van der Waals surface area (Å²) in [6, 6.07) is 10.7. The number of likely N-dealkylation sites (tertiary alicyclic amines) is 1. The topological polar surface area (TPSA) is 69.6 Å². The number of aliphatic hydroxyl groups is 1. The van der Waals surface area contributed by atoms with E-state index in [1.807, 2.05) is 19.1 Å². The zero-order chi connectivity index (χ0) is 22.2. The Balaban J connectivity index is 1.53. The molecule has 2 N–H and O–H groups in total. The first-order chi connectivity index (χ1) is 14.8. The SMILES string of the molecule is Cc1ccccc1[C@H](O)C(=O)N1CCC2(CC1)CC(=O)NC[C@H]2c1cc(F)cc(F)c1. The fourth-order valence-corrected chi connectivity index (χ4v) is 5.08. The molecule has 5 nitrogen and oxygen atoms in total. The third-order valence-corrected chi connectivity index (χ3v) is 6.83. The van der Waals surface area contributed by atoms with Crippen LogP contribution >= 0.6 is 0 Å². The van der Waals surface area contributed by atoms with Crippen LogP contribution in [0.3, 0.4) is 0 Å². The van der Waals surface area contributed by atoms with Crippen molar-refractivity contribution in [1.29, 1.82) is 0 Å². The molecule has 1 spiro atoms. The number of aliphatic hydroxyl groups excluding tert-OH is 1. The minimum Gasteiger partial charge on any atom is -0.378 e. The van der Waals surface area contributed by atoms with Gasteiger partial charge < -0.3 is 15.3 Å². The molecule has 2 aromatic carbocycles. The Bertz CT molecular complexity index is 982. The van der Waals surface area contributed by atoms with Gasteiger partial charge in [0, 0.05) is 38.0 Å². The molecular weight excluding hydrogens is 402 g/mol. The van der Waals surface area contributed by atoms with Crippen molar-refractivity contribution in [3.63, 3.8) is 0 Å². The third kappa shape index (κ3) is 4.19. The smallest absolute Gasteiger partial charge is 0.256 e. The van der Waals surface area contributed by atoms with Crippen molar-refractivity contribution in [2.75, 3.05) is 19.6 Å². The van der Waals surface area contributed by atoms with Gasteiger partial charge in [-0.1, -0.05) is 24.3 Å². The van der Waals surface area contributed by atoms with Crippen molar-refractivity contribution in [1.82, 2.24) is 10.2 Å². The van der Waals surface area contributed by atoms with E-state index >= 15 is 0 Å². The molecule has 0 bridgehead atoms. The van der Waals surface area contributed by atoms with Crippen molar-refractivity contribution in [3.8, 4) is 0 Å². The molecule has 0 saturated carbocycles. The minimum absolute atomic E-state index is 0.0900. The van der Waals surface area contributed by atoms with E-state index in [1.165, 1.54) is 12.1 Å². The van der Waals surface area contributed by atoms with E-state index in [9.17, 15) is 23.5 Å². The predicted octanol–water partition coefficient (Wildman–Crippen LogP) is 3.22. The Morgan fingerprint density at radius 1 is 1.16 bits per heavy atom. The number of carbonyl (C=O) groups is 2. The summed E-state index contributed by atoms with van der Waals surface area (Å²) in [5.74, 6) is -1.98. The van der Waals surface area contributed by atoms with E-state index in [0.29, 0.717) is 43.6 Å². The summed E-state index contributed by atoms with van der Waals surface area (Å²) >= 11 is 0. The van der Waals surface area contributed by atoms with Crippen LogP contribution in [-0.2, 0) is 9.59 Å². The molecule has 0 aliphatic carbocycles. The summed E-state index contributed by atoms with van der Waals surface area (Å²) in [5, 5.41) is 13.4. The van der Waals surface area contributed by atoms with Gasteiger partial charge in [0.2, 0.25) is 5.91 Å². The Hall–Kier alpha value is -2.80. The highest BCUT2D eigenvalue weighted by Crippen LogP contribution is 2.49. The first-order valence-corrected chi connectivity index (χ1v) is 10.5. The third-order valence-electron chi connectivity index (χ3n) is 6.83. The Morgan fingerprint density at radius 2 is 1.81 bits per heavy atom. The zero-order valence-corrected chi connectivity index (χ0v) is 17.4. The molecule has 2 fully saturated rings. The van der Waals surface area contributed by atoms with Crippen molar-refractivity contribution < 1.29 is 23.5 Å². The van der Waals surface area contributed by atoms with Gasteiger partial charge in [-0.3, -0.25) is 9.59 Å². The van der Waals surface area contributed by atoms with E-state index in [1.54, 1.807) is 17.0 Å². The molecule has 2 atom stereocenters. The van der Waals surface area contributed by atoms with Crippen LogP contribution < -0.4 is 5.32 Å². The second-order valence-corrected chi connectivity index (χ2v) is 8.68. The molecular formula is C24H26F2N2O3. The van der Waals surface area contributed by atoms with Crippen LogP contribution in [0, 0.1) is 24.0 Å². The summed E-state index contributed by atoms with van der Waals surface area (Å²) in [6.07, 6.45) is 0.0568. The fraction of sp³-hybridized carbons (Fsp3) is 0.417. The standard InChI is InChI=1S/C24H26F2N2O3/c1-15-4-2-3-5-19(15)22(30)23(31)28-8-6-24(7-9-28)13-21(29)27-14-20(24)16-10-17(25)12-18(26)11-16/h2-5,10-12,20,22,30H,6-9,13-14H2,1H3,(H,27,29)/t20-,22-/m0/s1. The lowest BCUT2D eigenvalue weighted by Crippen LogP contribution is -2.53. The van der Waals surface area contributed by atoms with E-state index < -0.39 is 23.2 Å². The molecule has 2 aliphatic rings. The molecule has 0 aromatic heterocycles. The van der Waals surface area contributed by atoms with E-state index in [-0.39, 0.29) is 24.2 Å². The minimum atomic E-state index is -1.24. The molecule has 164 valence electrons. The highest BCUT2D eigenvalue weighted by atomic mass is 19.1. The molecule has 7 heteroatoms. The van der Waals surface area contributed by atoms with E-state index in [2.05, 4.69) is 5.32 Å². The van der Waals surface area contributed by atoms with Gasteiger partial charge in [0.25, 0.3) is 5.91 Å². The van der Waals surface area contributed by atoms with Crippen LogP contribution in [-0.4, -0.2) is 41.5 Å². The molecule has 2 aromatic rings. The molecule has 2 amide bonds. The highest BCUT2D eigenvalue weighted by Gasteiger charge is 2.47. The van der Waals surface area contributed by atoms with Gasteiger partial charge in [0.1, 0.15) is 11.6 Å². The average molecular weight is 428 g/mol. The Morgan fingerprint density at radius 3 is 2.45 bits per heavy atom. The van der Waals surface area contributed by atoms with Gasteiger partial charge in [0.05, 0.1) is 0 Å². The monoisotopic (exact) mass is 428 g/mol. The van der Waals surface area contributed by atoms with Crippen molar-refractivity contribution in [3.05, 3.63) is 70.8 Å². The van der Waals surface area contributed by atoms with Gasteiger partial charge in [-0.25, -0.2) is 8.78 Å². The lowest BCUT2D eigenvalue weighted by molar-refractivity contribution is -0.144. The molecule has 2 heterocycles. The number of amides is 2. The highest BCUT2D eigenvalue weighted by molar-refractivity contribution is 5.83. The average Bonchev–Trinajstić information content (AvgIpc) is 2.73. The number of nitrogens with one attached hydrogen (secondary N) is 1. The van der Waals surface area contributed by atoms with Crippen molar-refractivity contribution >= 4 is 11.8 Å². The van der Waals surface area contributed by atoms with Gasteiger partial charge >= 0.3 is 0 Å². The molecule has 2 saturated heterocycles. The van der Waals surface area contributed by atoms with Gasteiger partial charge in [-0.05, 0) is 54.0 Å². The number of piperidine rings is 2. The molecule has 0 unspecified atom stereocenters.